The minimum Gasteiger partial charge on any atom is -0.467 e. The quantitative estimate of drug-likeness (QED) is 0.749. The Morgan fingerprint density at radius 3 is 2.63 bits per heavy atom. The van der Waals surface area contributed by atoms with Crippen LogP contribution in [0.4, 0.5) is 0 Å². The number of furan rings is 1. The van der Waals surface area contributed by atoms with Gasteiger partial charge in [-0.3, -0.25) is 0 Å². The second-order valence-corrected chi connectivity index (χ2v) is 3.93. The molecule has 0 N–H and O–H groups in total. The van der Waals surface area contributed by atoms with E-state index in [2.05, 4.69) is 0 Å². The van der Waals surface area contributed by atoms with E-state index in [0.717, 1.165) is 5.56 Å². The van der Waals surface area contributed by atoms with Crippen molar-refractivity contribution in [3.8, 4) is 0 Å². The molecule has 1 aromatic carbocycles. The summed E-state index contributed by atoms with van der Waals surface area (Å²) in [6.45, 7) is 2.32. The number of hydrogen-bond donors (Lipinski definition) is 0. The molecule has 0 spiro atoms. The van der Waals surface area contributed by atoms with Crippen LogP contribution in [0.3, 0.4) is 0 Å². The van der Waals surface area contributed by atoms with Crippen molar-refractivity contribution in [1.29, 1.82) is 0 Å². The zero-order chi connectivity index (χ0) is 13.5. The third-order valence-corrected chi connectivity index (χ3v) is 2.58. The van der Waals surface area contributed by atoms with Gasteiger partial charge in [-0.15, -0.1) is 0 Å². The fraction of sp³-hybridized carbons (Fsp3) is 0.267. The number of rotatable bonds is 6. The van der Waals surface area contributed by atoms with Gasteiger partial charge in [0.25, 0.3) is 0 Å². The monoisotopic (exact) mass is 260 g/mol. The van der Waals surface area contributed by atoms with Crippen LogP contribution >= 0.6 is 0 Å². The fourth-order valence-electron chi connectivity index (χ4n) is 1.71. The molecule has 0 amide bonds. The topological polar surface area (TPSA) is 48.7 Å². The van der Waals surface area contributed by atoms with Crippen LogP contribution in [0, 0.1) is 0 Å². The molecule has 0 aliphatic rings. The molecule has 4 heteroatoms. The molecular weight excluding hydrogens is 244 g/mol. The average molecular weight is 260 g/mol. The van der Waals surface area contributed by atoms with Crippen molar-refractivity contribution in [2.45, 2.75) is 19.6 Å². The Morgan fingerprint density at radius 2 is 2.00 bits per heavy atom. The zero-order valence-electron chi connectivity index (χ0n) is 10.7. The lowest BCUT2D eigenvalue weighted by molar-refractivity contribution is -0.158. The summed E-state index contributed by atoms with van der Waals surface area (Å²) in [6.07, 6.45) is 0.840. The molecule has 0 radical (unpaired) electrons. The molecule has 0 saturated carbocycles. The van der Waals surface area contributed by atoms with Crippen LogP contribution in [0.25, 0.3) is 0 Å². The van der Waals surface area contributed by atoms with Crippen molar-refractivity contribution in [3.63, 3.8) is 0 Å². The predicted molar refractivity (Wildman–Crippen MR) is 69.3 cm³/mol. The van der Waals surface area contributed by atoms with Gasteiger partial charge in [0.05, 0.1) is 12.9 Å². The number of benzene rings is 1. The van der Waals surface area contributed by atoms with Crippen molar-refractivity contribution in [1.82, 2.24) is 0 Å². The average Bonchev–Trinajstić information content (AvgIpc) is 2.94. The SMILES string of the molecule is CCOC(=O)C(OCc1ccco1)c1ccccc1. The lowest BCUT2D eigenvalue weighted by Gasteiger charge is -2.16. The van der Waals surface area contributed by atoms with Crippen LogP contribution in [0.2, 0.25) is 0 Å². The molecule has 0 bridgehead atoms. The summed E-state index contributed by atoms with van der Waals surface area (Å²) in [4.78, 5) is 11.9. The third-order valence-electron chi connectivity index (χ3n) is 2.58. The molecule has 2 rings (SSSR count). The van der Waals surface area contributed by atoms with Crippen molar-refractivity contribution < 1.29 is 18.7 Å². The predicted octanol–water partition coefficient (Wildman–Crippen LogP) is 3.10. The van der Waals surface area contributed by atoms with Gasteiger partial charge >= 0.3 is 5.97 Å². The maximum atomic E-state index is 11.9. The summed E-state index contributed by atoms with van der Waals surface area (Å²) in [5.74, 6) is 0.283. The van der Waals surface area contributed by atoms with Gasteiger partial charge in [-0.25, -0.2) is 4.79 Å². The summed E-state index contributed by atoms with van der Waals surface area (Å²) >= 11 is 0. The molecule has 4 nitrogen and oxygen atoms in total. The molecule has 19 heavy (non-hydrogen) atoms. The van der Waals surface area contributed by atoms with Gasteiger partial charge in [0, 0.05) is 0 Å². The first-order valence-corrected chi connectivity index (χ1v) is 6.17. The molecule has 1 atom stereocenters. The minimum absolute atomic E-state index is 0.228. The molecule has 1 unspecified atom stereocenters. The Hall–Kier alpha value is -2.07. The largest absolute Gasteiger partial charge is 0.467 e. The molecule has 0 fully saturated rings. The van der Waals surface area contributed by atoms with Crippen LogP contribution in [-0.2, 0) is 20.9 Å². The summed E-state index contributed by atoms with van der Waals surface area (Å²) in [5.41, 5.74) is 0.771. The van der Waals surface area contributed by atoms with Crippen LogP contribution < -0.4 is 0 Å². The van der Waals surface area contributed by atoms with Crippen molar-refractivity contribution >= 4 is 5.97 Å². The molecule has 2 aromatic rings. The van der Waals surface area contributed by atoms with Gasteiger partial charge in [-0.2, -0.15) is 0 Å². The highest BCUT2D eigenvalue weighted by Crippen LogP contribution is 2.20. The van der Waals surface area contributed by atoms with Gasteiger partial charge in [0.15, 0.2) is 6.10 Å². The van der Waals surface area contributed by atoms with E-state index < -0.39 is 6.10 Å². The highest BCUT2D eigenvalue weighted by Gasteiger charge is 2.22. The highest BCUT2D eigenvalue weighted by molar-refractivity contribution is 5.76. The van der Waals surface area contributed by atoms with Crippen molar-refractivity contribution in [2.75, 3.05) is 6.61 Å². The molecule has 0 aliphatic heterocycles. The second kappa shape index (κ2) is 6.75. The van der Waals surface area contributed by atoms with E-state index in [1.807, 2.05) is 30.3 Å². The summed E-state index contributed by atoms with van der Waals surface area (Å²) < 4.78 is 15.8. The van der Waals surface area contributed by atoms with Gasteiger partial charge in [0.1, 0.15) is 12.4 Å². The Labute approximate surface area is 111 Å². The minimum atomic E-state index is -0.730. The maximum Gasteiger partial charge on any atom is 0.339 e. The molecule has 100 valence electrons. The van der Waals surface area contributed by atoms with E-state index in [0.29, 0.717) is 12.4 Å². The number of ether oxygens (including phenoxy) is 2. The lowest BCUT2D eigenvalue weighted by Crippen LogP contribution is -2.18. The van der Waals surface area contributed by atoms with E-state index in [9.17, 15) is 4.79 Å². The summed E-state index contributed by atoms with van der Waals surface area (Å²) in [5, 5.41) is 0. The molecule has 0 saturated heterocycles. The molecule has 1 aromatic heterocycles. The Morgan fingerprint density at radius 1 is 1.21 bits per heavy atom. The van der Waals surface area contributed by atoms with Crippen molar-refractivity contribution in [2.24, 2.45) is 0 Å². The Kier molecular flexibility index (Phi) is 4.75. The van der Waals surface area contributed by atoms with Gasteiger partial charge in [-0.1, -0.05) is 30.3 Å². The normalized spacial score (nSPS) is 12.1. The summed E-state index contributed by atoms with van der Waals surface area (Å²) in [7, 11) is 0. The smallest absolute Gasteiger partial charge is 0.339 e. The first-order valence-electron chi connectivity index (χ1n) is 6.17. The van der Waals surface area contributed by atoms with Crippen molar-refractivity contribution in [3.05, 3.63) is 60.1 Å². The van der Waals surface area contributed by atoms with E-state index in [4.69, 9.17) is 13.9 Å². The van der Waals surface area contributed by atoms with Crippen LogP contribution in [-0.4, -0.2) is 12.6 Å². The number of carbonyl (C=O) groups is 1. The number of carbonyl (C=O) groups excluding carboxylic acids is 1. The van der Waals surface area contributed by atoms with E-state index in [-0.39, 0.29) is 12.6 Å². The first kappa shape index (κ1) is 13.4. The van der Waals surface area contributed by atoms with E-state index in [1.54, 1.807) is 25.3 Å². The number of esters is 1. The molecule has 0 aliphatic carbocycles. The highest BCUT2D eigenvalue weighted by atomic mass is 16.6. The second-order valence-electron chi connectivity index (χ2n) is 3.93. The van der Waals surface area contributed by atoms with E-state index >= 15 is 0 Å². The van der Waals surface area contributed by atoms with Crippen LogP contribution in [0.1, 0.15) is 24.4 Å². The zero-order valence-corrected chi connectivity index (χ0v) is 10.7. The van der Waals surface area contributed by atoms with Gasteiger partial charge in [0.2, 0.25) is 0 Å². The van der Waals surface area contributed by atoms with Gasteiger partial charge < -0.3 is 13.9 Å². The first-order chi connectivity index (χ1) is 9.31. The summed E-state index contributed by atoms with van der Waals surface area (Å²) in [6, 6.07) is 12.9. The fourth-order valence-corrected chi connectivity index (χ4v) is 1.71. The molecular formula is C15H16O4. The standard InChI is InChI=1S/C15H16O4/c1-2-17-15(16)14(12-7-4-3-5-8-12)19-11-13-9-6-10-18-13/h3-10,14H,2,11H2,1H3. The van der Waals surface area contributed by atoms with Crippen LogP contribution in [0.5, 0.6) is 0 Å². The van der Waals surface area contributed by atoms with E-state index in [1.165, 1.54) is 0 Å². The Bertz CT molecular complexity index is 490. The lowest BCUT2D eigenvalue weighted by atomic mass is 10.1. The maximum absolute atomic E-state index is 11.9. The van der Waals surface area contributed by atoms with Crippen LogP contribution in [0.15, 0.2) is 53.1 Å². The number of hydrogen-bond acceptors (Lipinski definition) is 4. The Balaban J connectivity index is 2.08. The van der Waals surface area contributed by atoms with Gasteiger partial charge in [-0.05, 0) is 24.6 Å². The molecule has 1 heterocycles. The third kappa shape index (κ3) is 3.69.